The number of pyridine rings is 1. The van der Waals surface area contributed by atoms with Gasteiger partial charge in [-0.25, -0.2) is 0 Å². The van der Waals surface area contributed by atoms with Gasteiger partial charge in [0.15, 0.2) is 0 Å². The van der Waals surface area contributed by atoms with E-state index in [9.17, 15) is 4.79 Å². The van der Waals surface area contributed by atoms with Crippen LogP contribution >= 0.6 is 0 Å². The third kappa shape index (κ3) is 3.15. The van der Waals surface area contributed by atoms with Gasteiger partial charge in [0.25, 0.3) is 5.91 Å². The number of aromatic nitrogens is 1. The highest BCUT2D eigenvalue weighted by atomic mass is 16.2. The second-order valence-electron chi connectivity index (χ2n) is 5.00. The first-order chi connectivity index (χ1) is 9.47. The molecule has 0 fully saturated rings. The summed E-state index contributed by atoms with van der Waals surface area (Å²) in [4.78, 5) is 18.4. The van der Waals surface area contributed by atoms with Crippen molar-refractivity contribution >= 4 is 11.6 Å². The summed E-state index contributed by atoms with van der Waals surface area (Å²) >= 11 is 0. The number of benzene rings is 1. The molecule has 2 rings (SSSR count). The number of amides is 1. The van der Waals surface area contributed by atoms with Crippen LogP contribution in [0.1, 0.15) is 27.3 Å². The Hall–Kier alpha value is -2.36. The highest BCUT2D eigenvalue weighted by Crippen LogP contribution is 2.14. The zero-order valence-electron chi connectivity index (χ0n) is 12.1. The van der Waals surface area contributed by atoms with Gasteiger partial charge in [-0.3, -0.25) is 9.78 Å². The van der Waals surface area contributed by atoms with Crippen molar-refractivity contribution < 1.29 is 4.79 Å². The predicted octanol–water partition coefficient (Wildman–Crippen LogP) is 2.55. The second-order valence-corrected chi connectivity index (χ2v) is 5.00. The summed E-state index contributed by atoms with van der Waals surface area (Å²) in [6.45, 7) is 4.33. The Morgan fingerprint density at radius 2 is 2.00 bits per heavy atom. The normalized spacial score (nSPS) is 10.3. The fourth-order valence-electron chi connectivity index (χ4n) is 2.03. The lowest BCUT2D eigenvalue weighted by Gasteiger charge is -2.17. The first kappa shape index (κ1) is 14.1. The number of nitrogen functional groups attached to an aromatic ring is 1. The van der Waals surface area contributed by atoms with Gasteiger partial charge in [0.2, 0.25) is 0 Å². The monoisotopic (exact) mass is 269 g/mol. The Kier molecular flexibility index (Phi) is 4.03. The van der Waals surface area contributed by atoms with E-state index < -0.39 is 0 Å². The largest absolute Gasteiger partial charge is 0.399 e. The van der Waals surface area contributed by atoms with Crippen LogP contribution in [0.5, 0.6) is 0 Å². The van der Waals surface area contributed by atoms with E-state index in [2.05, 4.69) is 4.98 Å². The summed E-state index contributed by atoms with van der Waals surface area (Å²) in [5.41, 5.74) is 9.86. The van der Waals surface area contributed by atoms with E-state index in [4.69, 9.17) is 5.73 Å². The third-order valence-corrected chi connectivity index (χ3v) is 3.21. The average Bonchev–Trinajstić information content (AvgIpc) is 2.41. The van der Waals surface area contributed by atoms with Gasteiger partial charge in [-0.05, 0) is 49.7 Å². The number of carbonyl (C=O) groups excluding carboxylic acids is 1. The molecule has 0 spiro atoms. The van der Waals surface area contributed by atoms with Crippen LogP contribution in [0.2, 0.25) is 0 Å². The molecule has 20 heavy (non-hydrogen) atoms. The van der Waals surface area contributed by atoms with E-state index in [-0.39, 0.29) is 5.91 Å². The van der Waals surface area contributed by atoms with Crippen molar-refractivity contribution in [3.05, 3.63) is 58.9 Å². The molecule has 1 heterocycles. The van der Waals surface area contributed by atoms with Gasteiger partial charge in [-0.15, -0.1) is 0 Å². The predicted molar refractivity (Wildman–Crippen MR) is 80.4 cm³/mol. The fraction of sp³-hybridized carbons (Fsp3) is 0.250. The molecule has 2 aromatic rings. The number of rotatable bonds is 3. The molecule has 0 atom stereocenters. The maximum absolute atomic E-state index is 12.4. The minimum Gasteiger partial charge on any atom is -0.399 e. The molecule has 0 unspecified atom stereocenters. The second kappa shape index (κ2) is 5.74. The van der Waals surface area contributed by atoms with Crippen LogP contribution in [-0.2, 0) is 6.54 Å². The highest BCUT2D eigenvalue weighted by molar-refractivity contribution is 5.94. The zero-order valence-corrected chi connectivity index (χ0v) is 12.1. The number of aryl methyl sites for hydroxylation is 2. The van der Waals surface area contributed by atoms with Crippen LogP contribution < -0.4 is 5.73 Å². The number of carbonyl (C=O) groups is 1. The summed E-state index contributed by atoms with van der Waals surface area (Å²) in [5.74, 6) is -0.0311. The molecule has 4 nitrogen and oxygen atoms in total. The summed E-state index contributed by atoms with van der Waals surface area (Å²) < 4.78 is 0. The van der Waals surface area contributed by atoms with E-state index in [0.717, 1.165) is 17.0 Å². The smallest absolute Gasteiger partial charge is 0.253 e. The molecule has 4 heteroatoms. The molecule has 0 saturated heterocycles. The van der Waals surface area contributed by atoms with Gasteiger partial charge in [0.1, 0.15) is 0 Å². The van der Waals surface area contributed by atoms with E-state index in [0.29, 0.717) is 17.8 Å². The van der Waals surface area contributed by atoms with E-state index in [1.54, 1.807) is 24.1 Å². The number of nitrogens with two attached hydrogens (primary N) is 1. The van der Waals surface area contributed by atoms with Crippen molar-refractivity contribution in [1.29, 1.82) is 0 Å². The number of anilines is 1. The lowest BCUT2D eigenvalue weighted by Crippen LogP contribution is -2.26. The molecule has 0 saturated carbocycles. The van der Waals surface area contributed by atoms with E-state index in [1.165, 1.54) is 0 Å². The van der Waals surface area contributed by atoms with Crippen LogP contribution in [0.3, 0.4) is 0 Å². The van der Waals surface area contributed by atoms with Gasteiger partial charge in [-0.2, -0.15) is 0 Å². The Balaban J connectivity index is 2.14. The molecular formula is C16H19N3O. The highest BCUT2D eigenvalue weighted by Gasteiger charge is 2.13. The zero-order chi connectivity index (χ0) is 14.7. The summed E-state index contributed by atoms with van der Waals surface area (Å²) in [7, 11) is 1.78. The van der Waals surface area contributed by atoms with Crippen molar-refractivity contribution in [3.8, 4) is 0 Å². The Morgan fingerprint density at radius 1 is 1.25 bits per heavy atom. The number of hydrogen-bond donors (Lipinski definition) is 1. The molecule has 1 aromatic heterocycles. The quantitative estimate of drug-likeness (QED) is 0.871. The average molecular weight is 269 g/mol. The molecule has 1 aromatic carbocycles. The lowest BCUT2D eigenvalue weighted by molar-refractivity contribution is 0.0783. The molecule has 0 aliphatic carbocycles. The Morgan fingerprint density at radius 3 is 2.65 bits per heavy atom. The van der Waals surface area contributed by atoms with Gasteiger partial charge >= 0.3 is 0 Å². The van der Waals surface area contributed by atoms with Crippen LogP contribution in [0.25, 0.3) is 0 Å². The van der Waals surface area contributed by atoms with Crippen LogP contribution in [-0.4, -0.2) is 22.8 Å². The first-order valence-corrected chi connectivity index (χ1v) is 6.51. The van der Waals surface area contributed by atoms with Crippen molar-refractivity contribution in [2.45, 2.75) is 20.4 Å². The Labute approximate surface area is 119 Å². The van der Waals surface area contributed by atoms with Crippen molar-refractivity contribution in [3.63, 3.8) is 0 Å². The maximum atomic E-state index is 12.4. The van der Waals surface area contributed by atoms with E-state index >= 15 is 0 Å². The lowest BCUT2D eigenvalue weighted by atomic mass is 10.1. The first-order valence-electron chi connectivity index (χ1n) is 6.51. The van der Waals surface area contributed by atoms with Crippen molar-refractivity contribution in [2.75, 3.05) is 12.8 Å². The SMILES string of the molecule is Cc1cccc(CN(C)C(=O)c2ccc(N)c(C)c2)n1. The summed E-state index contributed by atoms with van der Waals surface area (Å²) in [6, 6.07) is 11.1. The Bertz CT molecular complexity index is 637. The molecule has 1 amide bonds. The van der Waals surface area contributed by atoms with Crippen LogP contribution in [0.4, 0.5) is 5.69 Å². The third-order valence-electron chi connectivity index (χ3n) is 3.21. The summed E-state index contributed by atoms with van der Waals surface area (Å²) in [5, 5.41) is 0. The molecule has 0 aliphatic heterocycles. The molecule has 0 radical (unpaired) electrons. The molecule has 104 valence electrons. The van der Waals surface area contributed by atoms with Gasteiger partial charge in [0, 0.05) is 24.0 Å². The van der Waals surface area contributed by atoms with Gasteiger partial charge in [0.05, 0.1) is 12.2 Å². The standard InChI is InChI=1S/C16H19N3O/c1-11-9-13(7-8-15(11)17)16(20)19(3)10-14-6-4-5-12(2)18-14/h4-9H,10,17H2,1-3H3. The maximum Gasteiger partial charge on any atom is 0.253 e. The molecule has 0 bridgehead atoms. The van der Waals surface area contributed by atoms with Crippen LogP contribution in [0.15, 0.2) is 36.4 Å². The number of nitrogens with zero attached hydrogens (tertiary/aromatic N) is 2. The topological polar surface area (TPSA) is 59.2 Å². The van der Waals surface area contributed by atoms with Gasteiger partial charge in [-0.1, -0.05) is 6.07 Å². The van der Waals surface area contributed by atoms with E-state index in [1.807, 2.05) is 38.1 Å². The molecule has 2 N–H and O–H groups in total. The molecule has 0 aliphatic rings. The van der Waals surface area contributed by atoms with Gasteiger partial charge < -0.3 is 10.6 Å². The van der Waals surface area contributed by atoms with Crippen molar-refractivity contribution in [2.24, 2.45) is 0 Å². The van der Waals surface area contributed by atoms with Crippen LogP contribution in [0, 0.1) is 13.8 Å². The minimum absolute atomic E-state index is 0.0311. The van der Waals surface area contributed by atoms with Crippen molar-refractivity contribution in [1.82, 2.24) is 9.88 Å². The fourth-order valence-corrected chi connectivity index (χ4v) is 2.03. The molecular weight excluding hydrogens is 250 g/mol. The summed E-state index contributed by atoms with van der Waals surface area (Å²) in [6.07, 6.45) is 0. The minimum atomic E-state index is -0.0311. The number of hydrogen-bond acceptors (Lipinski definition) is 3.